The fourth-order valence-electron chi connectivity index (χ4n) is 3.31. The summed E-state index contributed by atoms with van der Waals surface area (Å²) >= 11 is 0. The van der Waals surface area contributed by atoms with Crippen molar-refractivity contribution in [2.75, 3.05) is 19.7 Å². The first-order valence-electron chi connectivity index (χ1n) is 10.4. The van der Waals surface area contributed by atoms with Crippen LogP contribution in [0.2, 0.25) is 0 Å². The van der Waals surface area contributed by atoms with E-state index in [1.807, 2.05) is 19.1 Å². The van der Waals surface area contributed by atoms with Gasteiger partial charge in [-0.15, -0.1) is 0 Å². The monoisotopic (exact) mass is 437 g/mol. The van der Waals surface area contributed by atoms with E-state index in [4.69, 9.17) is 4.74 Å². The molecule has 2 aromatic rings. The van der Waals surface area contributed by atoms with Crippen molar-refractivity contribution in [2.24, 2.45) is 0 Å². The van der Waals surface area contributed by atoms with Gasteiger partial charge in [0.1, 0.15) is 5.75 Å². The summed E-state index contributed by atoms with van der Waals surface area (Å²) < 4.78 is 5.40. The van der Waals surface area contributed by atoms with E-state index in [-0.39, 0.29) is 42.6 Å². The lowest BCUT2D eigenvalue weighted by Gasteiger charge is -2.29. The number of benzene rings is 2. The van der Waals surface area contributed by atoms with E-state index in [1.165, 1.54) is 23.1 Å². The van der Waals surface area contributed by atoms with Gasteiger partial charge in [-0.05, 0) is 58.0 Å². The SMILES string of the molecule is Cc1ccc(OCC(=O)NCCNC(=O)c2ccc3c(c2)C(=O)N(C(C)(C)C)C3=O)cc1. The van der Waals surface area contributed by atoms with Gasteiger partial charge >= 0.3 is 0 Å². The molecule has 32 heavy (non-hydrogen) atoms. The van der Waals surface area contributed by atoms with Crippen molar-refractivity contribution in [1.82, 2.24) is 15.5 Å². The molecule has 0 aliphatic carbocycles. The number of amides is 4. The Hall–Kier alpha value is -3.68. The molecule has 2 aromatic carbocycles. The zero-order valence-corrected chi connectivity index (χ0v) is 18.7. The van der Waals surface area contributed by atoms with Crippen LogP contribution in [0.4, 0.5) is 0 Å². The summed E-state index contributed by atoms with van der Waals surface area (Å²) in [5.41, 5.74) is 1.23. The molecule has 0 spiro atoms. The van der Waals surface area contributed by atoms with Crippen LogP contribution in [-0.4, -0.2) is 53.8 Å². The van der Waals surface area contributed by atoms with Crippen molar-refractivity contribution in [2.45, 2.75) is 33.2 Å². The molecule has 1 heterocycles. The Morgan fingerprint density at radius 3 is 2.19 bits per heavy atom. The second kappa shape index (κ2) is 9.21. The standard InChI is InChI=1S/C24H27N3O5/c1-15-5-8-17(9-6-15)32-14-20(28)25-11-12-26-21(29)16-7-10-18-19(13-16)23(31)27(22(18)30)24(2,3)4/h5-10,13H,11-12,14H2,1-4H3,(H,25,28)(H,26,29). The smallest absolute Gasteiger partial charge is 0.262 e. The molecule has 2 N–H and O–H groups in total. The molecule has 0 saturated heterocycles. The van der Waals surface area contributed by atoms with Crippen molar-refractivity contribution in [3.05, 3.63) is 64.7 Å². The van der Waals surface area contributed by atoms with E-state index in [0.29, 0.717) is 11.3 Å². The van der Waals surface area contributed by atoms with Gasteiger partial charge in [0.2, 0.25) is 0 Å². The van der Waals surface area contributed by atoms with Gasteiger partial charge in [-0.1, -0.05) is 17.7 Å². The molecule has 4 amide bonds. The molecule has 0 atom stereocenters. The minimum Gasteiger partial charge on any atom is -0.484 e. The predicted molar refractivity (Wildman–Crippen MR) is 119 cm³/mol. The van der Waals surface area contributed by atoms with Crippen LogP contribution in [-0.2, 0) is 4.79 Å². The third-order valence-corrected chi connectivity index (χ3v) is 4.94. The van der Waals surface area contributed by atoms with Crippen LogP contribution in [0.25, 0.3) is 0 Å². The summed E-state index contributed by atoms with van der Waals surface area (Å²) in [6.45, 7) is 7.61. The maximum Gasteiger partial charge on any atom is 0.262 e. The number of hydrogen-bond acceptors (Lipinski definition) is 5. The van der Waals surface area contributed by atoms with Crippen molar-refractivity contribution in [3.8, 4) is 5.75 Å². The molecule has 0 fully saturated rings. The molecule has 0 aromatic heterocycles. The Morgan fingerprint density at radius 1 is 0.906 bits per heavy atom. The van der Waals surface area contributed by atoms with Gasteiger partial charge in [0.15, 0.2) is 6.61 Å². The van der Waals surface area contributed by atoms with E-state index in [1.54, 1.807) is 32.9 Å². The first-order chi connectivity index (χ1) is 15.1. The normalized spacial score (nSPS) is 13.1. The number of carbonyl (C=O) groups excluding carboxylic acids is 4. The van der Waals surface area contributed by atoms with Gasteiger partial charge in [0.25, 0.3) is 23.6 Å². The van der Waals surface area contributed by atoms with Crippen LogP contribution in [0, 0.1) is 6.92 Å². The fourth-order valence-corrected chi connectivity index (χ4v) is 3.31. The number of ether oxygens (including phenoxy) is 1. The third-order valence-electron chi connectivity index (χ3n) is 4.94. The summed E-state index contributed by atoms with van der Waals surface area (Å²) in [7, 11) is 0. The van der Waals surface area contributed by atoms with Gasteiger partial charge < -0.3 is 15.4 Å². The van der Waals surface area contributed by atoms with Gasteiger partial charge in [-0.2, -0.15) is 0 Å². The van der Waals surface area contributed by atoms with Crippen molar-refractivity contribution in [3.63, 3.8) is 0 Å². The van der Waals surface area contributed by atoms with Crippen LogP contribution in [0.3, 0.4) is 0 Å². The Balaban J connectivity index is 1.47. The summed E-state index contributed by atoms with van der Waals surface area (Å²) in [6.07, 6.45) is 0. The van der Waals surface area contributed by atoms with Crippen molar-refractivity contribution < 1.29 is 23.9 Å². The third kappa shape index (κ3) is 5.14. The van der Waals surface area contributed by atoms with Crippen LogP contribution in [0.5, 0.6) is 5.75 Å². The Kier molecular flexibility index (Phi) is 6.62. The van der Waals surface area contributed by atoms with Crippen molar-refractivity contribution >= 4 is 23.6 Å². The largest absolute Gasteiger partial charge is 0.484 e. The number of nitrogens with one attached hydrogen (secondary N) is 2. The minimum absolute atomic E-state index is 0.123. The molecule has 0 bridgehead atoms. The van der Waals surface area contributed by atoms with Crippen LogP contribution in [0.1, 0.15) is 57.4 Å². The first kappa shape index (κ1) is 23.0. The van der Waals surface area contributed by atoms with Crippen LogP contribution in [0.15, 0.2) is 42.5 Å². The second-order valence-corrected chi connectivity index (χ2v) is 8.58. The lowest BCUT2D eigenvalue weighted by atomic mass is 10.1. The molecule has 1 aliphatic heterocycles. The summed E-state index contributed by atoms with van der Waals surface area (Å²) in [5.74, 6) is -0.863. The molecule has 168 valence electrons. The highest BCUT2D eigenvalue weighted by molar-refractivity contribution is 6.22. The Morgan fingerprint density at radius 2 is 1.53 bits per heavy atom. The molecule has 0 saturated carbocycles. The molecule has 0 unspecified atom stereocenters. The van der Waals surface area contributed by atoms with E-state index in [0.717, 1.165) is 5.56 Å². The average Bonchev–Trinajstić information content (AvgIpc) is 3.00. The maximum atomic E-state index is 12.7. The number of carbonyl (C=O) groups is 4. The van der Waals surface area contributed by atoms with Gasteiger partial charge in [0.05, 0.1) is 11.1 Å². The number of hydrogen-bond donors (Lipinski definition) is 2. The molecular formula is C24H27N3O5. The fraction of sp³-hybridized carbons (Fsp3) is 0.333. The minimum atomic E-state index is -0.656. The van der Waals surface area contributed by atoms with Gasteiger partial charge in [-0.25, -0.2) is 0 Å². The molecule has 0 radical (unpaired) electrons. The molecule has 3 rings (SSSR count). The molecule has 1 aliphatic rings. The number of rotatable bonds is 7. The summed E-state index contributed by atoms with van der Waals surface area (Å²) in [4.78, 5) is 50.7. The second-order valence-electron chi connectivity index (χ2n) is 8.58. The van der Waals surface area contributed by atoms with Crippen LogP contribution >= 0.6 is 0 Å². The number of nitrogens with zero attached hydrogens (tertiary/aromatic N) is 1. The van der Waals surface area contributed by atoms with Crippen molar-refractivity contribution in [1.29, 1.82) is 0 Å². The number of imide groups is 1. The van der Waals surface area contributed by atoms with Crippen LogP contribution < -0.4 is 15.4 Å². The van der Waals surface area contributed by atoms with E-state index in [9.17, 15) is 19.2 Å². The summed E-state index contributed by atoms with van der Waals surface area (Å²) in [5, 5.41) is 5.35. The highest BCUT2D eigenvalue weighted by atomic mass is 16.5. The van der Waals surface area contributed by atoms with E-state index in [2.05, 4.69) is 10.6 Å². The van der Waals surface area contributed by atoms with Gasteiger partial charge in [-0.3, -0.25) is 24.1 Å². The summed E-state index contributed by atoms with van der Waals surface area (Å²) in [6, 6.07) is 11.8. The topological polar surface area (TPSA) is 105 Å². The average molecular weight is 437 g/mol. The zero-order valence-electron chi connectivity index (χ0n) is 18.7. The number of fused-ring (bicyclic) bond motifs is 1. The lowest BCUT2D eigenvalue weighted by Crippen LogP contribution is -2.45. The number of aryl methyl sites for hydroxylation is 1. The highest BCUT2D eigenvalue weighted by Crippen LogP contribution is 2.29. The molecule has 8 heteroatoms. The van der Waals surface area contributed by atoms with E-state index < -0.39 is 17.4 Å². The van der Waals surface area contributed by atoms with Gasteiger partial charge in [0, 0.05) is 24.2 Å². The Labute approximate surface area is 186 Å². The molecule has 8 nitrogen and oxygen atoms in total. The Bertz CT molecular complexity index is 1050. The molecular weight excluding hydrogens is 410 g/mol. The van der Waals surface area contributed by atoms with E-state index >= 15 is 0 Å². The quantitative estimate of drug-likeness (QED) is 0.511. The lowest BCUT2D eigenvalue weighted by molar-refractivity contribution is -0.123. The highest BCUT2D eigenvalue weighted by Gasteiger charge is 2.42. The maximum absolute atomic E-state index is 12.7. The zero-order chi connectivity index (χ0) is 23.5. The predicted octanol–water partition coefficient (Wildman–Crippen LogP) is 2.31. The first-order valence-corrected chi connectivity index (χ1v) is 10.4.